The maximum absolute atomic E-state index is 17.5. The maximum atomic E-state index is 17.5. The molecule has 0 saturated heterocycles. The molecule has 0 aromatic rings. The van der Waals surface area contributed by atoms with E-state index >= 15 is 8.78 Å². The van der Waals surface area contributed by atoms with Gasteiger partial charge >= 0.3 is 6.16 Å². The number of Topliss-reactive ketones (excluding diaryl/α,β-unsaturated/α-hetero) is 2. The van der Waals surface area contributed by atoms with Crippen LogP contribution in [0.25, 0.3) is 0 Å². The third kappa shape index (κ3) is 7.03. The Labute approximate surface area is 397 Å². The molecule has 0 aromatic carbocycles. The molecule has 68 heavy (non-hydrogen) atoms. The van der Waals surface area contributed by atoms with Crippen LogP contribution in [0.5, 0.6) is 0 Å². The number of hydrogen-bond donors (Lipinski definition) is 4. The van der Waals surface area contributed by atoms with Crippen molar-refractivity contribution in [3.63, 3.8) is 0 Å². The van der Waals surface area contributed by atoms with Crippen molar-refractivity contribution >= 4 is 29.3 Å². The van der Waals surface area contributed by atoms with Gasteiger partial charge in [0.05, 0.1) is 25.4 Å². The second-order valence-corrected chi connectivity index (χ2v) is 22.5. The Bertz CT molecular complexity index is 2100. The second-order valence-electron chi connectivity index (χ2n) is 22.5. The number of aliphatic hydroxyl groups excluding tert-OH is 2. The van der Waals surface area contributed by atoms with E-state index in [2.05, 4.69) is 6.58 Å². The zero-order valence-corrected chi connectivity index (χ0v) is 40.3. The molecule has 0 unspecified atom stereocenters. The Hall–Kier alpha value is -4.05. The van der Waals surface area contributed by atoms with Crippen LogP contribution < -0.4 is 0 Å². The molecule has 374 valence electrons. The van der Waals surface area contributed by atoms with Gasteiger partial charge in [-0.25, -0.2) is 13.6 Å². The summed E-state index contributed by atoms with van der Waals surface area (Å²) < 4.78 is 56.5. The van der Waals surface area contributed by atoms with Crippen LogP contribution in [0.15, 0.2) is 60.1 Å². The number of rotatable bonds is 15. The molecular weight excluding hydrogens is 883 g/mol. The molecule has 16 atom stereocenters. The lowest BCUT2D eigenvalue weighted by Gasteiger charge is -2.62. The van der Waals surface area contributed by atoms with Gasteiger partial charge in [0, 0.05) is 33.5 Å². The number of allylic oxidation sites excluding steroid dienone is 8. The number of alkyl halides is 2. The first-order valence-corrected chi connectivity index (χ1v) is 24.7. The minimum atomic E-state index is -2.11. The fourth-order valence-corrected chi connectivity index (χ4v) is 15.8. The Balaban J connectivity index is 0.741. The predicted molar refractivity (Wildman–Crippen MR) is 243 cm³/mol. The molecule has 13 nitrogen and oxygen atoms in total. The van der Waals surface area contributed by atoms with Gasteiger partial charge in [-0.15, -0.1) is 0 Å². The lowest BCUT2D eigenvalue weighted by Crippen LogP contribution is -2.69. The quantitative estimate of drug-likeness (QED) is 0.0741. The van der Waals surface area contributed by atoms with Crippen LogP contribution in [-0.4, -0.2) is 111 Å². The van der Waals surface area contributed by atoms with E-state index in [-0.39, 0.29) is 43.6 Å². The van der Waals surface area contributed by atoms with Crippen molar-refractivity contribution in [2.45, 2.75) is 153 Å². The summed E-state index contributed by atoms with van der Waals surface area (Å²) in [4.78, 5) is 64.5. The molecule has 6 saturated carbocycles. The van der Waals surface area contributed by atoms with Crippen molar-refractivity contribution in [1.29, 1.82) is 0 Å². The largest absolute Gasteiger partial charge is 0.508 e. The van der Waals surface area contributed by atoms with Crippen LogP contribution in [0.1, 0.15) is 119 Å². The highest BCUT2D eigenvalue weighted by atomic mass is 19.1. The molecule has 15 heteroatoms. The molecule has 8 rings (SSSR count). The topological polar surface area (TPSA) is 203 Å². The number of carbonyl (C=O) groups excluding carboxylic acids is 5. The predicted octanol–water partition coefficient (Wildman–Crippen LogP) is 7.04. The van der Waals surface area contributed by atoms with Gasteiger partial charge in [0.2, 0.25) is 11.6 Å². The molecule has 0 aromatic heterocycles. The summed E-state index contributed by atoms with van der Waals surface area (Å²) in [5.41, 5.74) is -11.5. The van der Waals surface area contributed by atoms with Crippen molar-refractivity contribution in [3.05, 3.63) is 60.1 Å². The highest BCUT2D eigenvalue weighted by Gasteiger charge is 2.77. The molecule has 0 radical (unpaired) electrons. The van der Waals surface area contributed by atoms with E-state index in [0.717, 1.165) is 0 Å². The van der Waals surface area contributed by atoms with Gasteiger partial charge in [0.1, 0.15) is 11.2 Å². The molecule has 0 aliphatic heterocycles. The van der Waals surface area contributed by atoms with Crippen molar-refractivity contribution in [3.8, 4) is 0 Å². The molecule has 0 bridgehead atoms. The van der Waals surface area contributed by atoms with E-state index in [1.54, 1.807) is 53.7 Å². The fraction of sp³-hybridized carbons (Fsp3) is 0.717. The van der Waals surface area contributed by atoms with Crippen LogP contribution in [0.4, 0.5) is 13.6 Å². The second kappa shape index (κ2) is 17.4. The molecule has 8 aliphatic rings. The monoisotopic (exact) mass is 952 g/mol. The number of carbonyl (C=O) groups is 5. The van der Waals surface area contributed by atoms with Crippen LogP contribution >= 0.6 is 0 Å². The maximum Gasteiger partial charge on any atom is 0.508 e. The lowest BCUT2D eigenvalue weighted by atomic mass is 9.44. The van der Waals surface area contributed by atoms with Crippen LogP contribution in [0.3, 0.4) is 0 Å². The van der Waals surface area contributed by atoms with Crippen molar-refractivity contribution < 1.29 is 72.1 Å². The van der Waals surface area contributed by atoms with Gasteiger partial charge in [-0.05, 0) is 145 Å². The average molecular weight is 953 g/mol. The number of ketones is 4. The summed E-state index contributed by atoms with van der Waals surface area (Å²) >= 11 is 0. The first-order valence-electron chi connectivity index (χ1n) is 24.7. The lowest BCUT2D eigenvalue weighted by molar-refractivity contribution is -0.220. The summed E-state index contributed by atoms with van der Waals surface area (Å²) in [6.07, 6.45) is 9.08. The number of aliphatic hydroxyl groups is 4. The number of fused-ring (bicyclic) bond motifs is 10. The zero-order chi connectivity index (χ0) is 49.6. The van der Waals surface area contributed by atoms with Gasteiger partial charge in [-0.1, -0.05) is 51.0 Å². The summed E-state index contributed by atoms with van der Waals surface area (Å²) in [5, 5.41) is 47.5. The third-order valence-electron chi connectivity index (χ3n) is 19.5. The third-order valence-corrected chi connectivity index (χ3v) is 19.5. The summed E-state index contributed by atoms with van der Waals surface area (Å²) in [5.74, 6) is -5.22. The van der Waals surface area contributed by atoms with Gasteiger partial charge in [0.25, 0.3) is 5.95 Å². The molecule has 4 N–H and O–H groups in total. The molecule has 0 amide bonds. The highest BCUT2D eigenvalue weighted by molar-refractivity contribution is 6.02. The number of halogens is 2. The molecule has 6 fully saturated rings. The van der Waals surface area contributed by atoms with E-state index in [1.165, 1.54) is 24.3 Å². The smallest absolute Gasteiger partial charge is 0.466 e. The average Bonchev–Trinajstić information content (AvgIpc) is 3.61. The van der Waals surface area contributed by atoms with E-state index < -0.39 is 123 Å². The first kappa shape index (κ1) is 50.3. The summed E-state index contributed by atoms with van der Waals surface area (Å²) in [6.45, 7) is 13.1. The van der Waals surface area contributed by atoms with Crippen LogP contribution in [0.2, 0.25) is 0 Å². The minimum absolute atomic E-state index is 0.00856. The van der Waals surface area contributed by atoms with Crippen LogP contribution in [-0.2, 0) is 38.1 Å². The summed E-state index contributed by atoms with van der Waals surface area (Å²) in [7, 11) is 0. The fourth-order valence-electron chi connectivity index (χ4n) is 15.8. The Morgan fingerprint density at radius 2 is 1.06 bits per heavy atom. The molecule has 8 aliphatic carbocycles. The highest BCUT2D eigenvalue weighted by Crippen LogP contribution is 2.72. The number of unbranched alkanes of at least 4 members (excludes halogenated alkanes) is 3. The molecule has 0 heterocycles. The van der Waals surface area contributed by atoms with Gasteiger partial charge in [-0.2, -0.15) is 0 Å². The summed E-state index contributed by atoms with van der Waals surface area (Å²) in [6, 6.07) is 0. The van der Waals surface area contributed by atoms with Crippen molar-refractivity contribution in [1.82, 2.24) is 0 Å². The SMILES string of the molecule is C=C(OCCCCCCOC(=O)OCC(=O)[C@@]1(O)[C@H](C)C[C@H]2[C@@H]3CCC4=CC(=O)C=C[C@]4(C)[C@@]3(F)[C@@H](O)C[C@@]21C)OCC(=O)[C@@]1(O)[C@H](C)C[C@H]2[C@@H]3CCC4=CC(=O)C=C[C@]4(C)[C@@]3(F)[C@@H](O)C[C@@]21C. The standard InChI is InChI=1S/C53H70F2O13/c1-30-22-39-37-14-12-33-24-35(56)16-18-46(33,4)50(37,54)41(58)26-48(39,6)52(30,63)43(60)28-67-32(3)65-20-10-8-9-11-21-66-45(62)68-29-44(61)53(64)31(2)23-40-38-15-13-34-25-36(57)17-19-47(34,5)51(38,55)42(59)27-49(40,53)7/h16-19,24-25,30-31,37-42,58-59,63-64H,3,8-15,20-23,26-29H2,1-2,4-7H3/t30-,31-,37+,38+,39+,40+,41+,42+,46+,47+,48+,49+,50+,51+,52+,53+/m1/s1. The zero-order valence-electron chi connectivity index (χ0n) is 40.3. The van der Waals surface area contributed by atoms with Crippen molar-refractivity contribution in [2.75, 3.05) is 26.4 Å². The van der Waals surface area contributed by atoms with Gasteiger partial charge < -0.3 is 39.4 Å². The Kier molecular flexibility index (Phi) is 12.9. The van der Waals surface area contributed by atoms with E-state index in [4.69, 9.17) is 18.9 Å². The van der Waals surface area contributed by atoms with Gasteiger partial charge in [-0.3, -0.25) is 19.2 Å². The van der Waals surface area contributed by atoms with E-state index in [1.807, 2.05) is 0 Å². The number of hydrogen-bond acceptors (Lipinski definition) is 13. The first-order chi connectivity index (χ1) is 31.8. The van der Waals surface area contributed by atoms with Gasteiger partial charge in [0.15, 0.2) is 36.1 Å². The normalized spacial score (nSPS) is 45.3. The van der Waals surface area contributed by atoms with Crippen molar-refractivity contribution in [2.24, 2.45) is 57.2 Å². The van der Waals surface area contributed by atoms with E-state index in [0.29, 0.717) is 75.4 Å². The number of ether oxygens (including phenoxy) is 4. The Morgan fingerprint density at radius 3 is 1.50 bits per heavy atom. The Morgan fingerprint density at radius 1 is 0.647 bits per heavy atom. The molecule has 0 spiro atoms. The molecular formula is C53H70F2O13. The minimum Gasteiger partial charge on any atom is -0.466 e. The van der Waals surface area contributed by atoms with Crippen LogP contribution in [0, 0.1) is 57.2 Å². The van der Waals surface area contributed by atoms with E-state index in [9.17, 15) is 44.4 Å².